The highest BCUT2D eigenvalue weighted by molar-refractivity contribution is 9.10. The van der Waals surface area contributed by atoms with Crippen molar-refractivity contribution in [3.63, 3.8) is 0 Å². The first kappa shape index (κ1) is 24.4. The first-order valence-corrected chi connectivity index (χ1v) is 11.8. The molecule has 1 atom stereocenters. The second-order valence-electron chi connectivity index (χ2n) is 7.52. The summed E-state index contributed by atoms with van der Waals surface area (Å²) in [6.07, 6.45) is 0.667. The lowest BCUT2D eigenvalue weighted by molar-refractivity contribution is -0.127. The number of esters is 1. The maximum Gasteiger partial charge on any atom is 0.345 e. The van der Waals surface area contributed by atoms with Crippen molar-refractivity contribution >= 4 is 56.4 Å². The Bertz CT molecular complexity index is 1410. The first-order valence-electron chi connectivity index (χ1n) is 10.7. The second kappa shape index (κ2) is 11.2. The molecule has 0 heterocycles. The van der Waals surface area contributed by atoms with Gasteiger partial charge in [0.25, 0.3) is 5.91 Å². The van der Waals surface area contributed by atoms with Gasteiger partial charge in [-0.1, -0.05) is 70.0 Å². The summed E-state index contributed by atoms with van der Waals surface area (Å²) in [5, 5.41) is 6.11. The zero-order chi connectivity index (χ0) is 24.8. The van der Waals surface area contributed by atoms with Crippen molar-refractivity contribution in [2.24, 2.45) is 5.10 Å². The van der Waals surface area contributed by atoms with Gasteiger partial charge >= 0.3 is 5.97 Å². The van der Waals surface area contributed by atoms with E-state index >= 15 is 0 Å². The predicted molar refractivity (Wildman–Crippen MR) is 140 cm³/mol. The van der Waals surface area contributed by atoms with Crippen molar-refractivity contribution in [3.8, 4) is 11.5 Å². The van der Waals surface area contributed by atoms with Gasteiger partial charge in [0.15, 0.2) is 6.10 Å². The number of rotatable bonds is 7. The smallest absolute Gasteiger partial charge is 0.345 e. The van der Waals surface area contributed by atoms with Crippen molar-refractivity contribution in [2.75, 3.05) is 0 Å². The molecule has 1 N–H and O–H groups in total. The van der Waals surface area contributed by atoms with Crippen molar-refractivity contribution in [2.45, 2.75) is 13.0 Å². The highest BCUT2D eigenvalue weighted by Gasteiger charge is 2.17. The number of carbonyl (C=O) groups excluding carboxylic acids is 2. The van der Waals surface area contributed by atoms with E-state index in [1.54, 1.807) is 49.4 Å². The van der Waals surface area contributed by atoms with Gasteiger partial charge in [-0.2, -0.15) is 5.10 Å². The summed E-state index contributed by atoms with van der Waals surface area (Å²) < 4.78 is 12.2. The molecule has 0 aromatic heterocycles. The van der Waals surface area contributed by atoms with Crippen LogP contribution in [0.1, 0.15) is 22.8 Å². The summed E-state index contributed by atoms with van der Waals surface area (Å²) in [5.41, 5.74) is 3.26. The minimum atomic E-state index is -0.779. The van der Waals surface area contributed by atoms with Crippen molar-refractivity contribution in [1.29, 1.82) is 0 Å². The molecule has 6 nitrogen and oxygen atoms in total. The van der Waals surface area contributed by atoms with Crippen LogP contribution in [0.25, 0.3) is 10.8 Å². The molecule has 0 unspecified atom stereocenters. The van der Waals surface area contributed by atoms with E-state index in [0.29, 0.717) is 16.3 Å². The Kier molecular flexibility index (Phi) is 7.80. The Labute approximate surface area is 215 Å². The molecular formula is C27H20BrClN2O4. The molecule has 0 saturated carbocycles. The fraction of sp³-hybridized carbons (Fsp3) is 0.0741. The lowest BCUT2D eigenvalue weighted by Crippen LogP contribution is -2.33. The van der Waals surface area contributed by atoms with Crippen LogP contribution in [0.5, 0.6) is 11.5 Å². The number of benzene rings is 4. The second-order valence-corrected chi connectivity index (χ2v) is 8.84. The summed E-state index contributed by atoms with van der Waals surface area (Å²) >= 11 is 9.50. The summed E-state index contributed by atoms with van der Waals surface area (Å²) in [5.74, 6) is -0.187. The monoisotopic (exact) mass is 550 g/mol. The van der Waals surface area contributed by atoms with E-state index in [1.807, 2.05) is 42.5 Å². The van der Waals surface area contributed by atoms with Crippen LogP contribution in [0.3, 0.4) is 0 Å². The molecule has 4 rings (SSSR count). The summed E-state index contributed by atoms with van der Waals surface area (Å²) in [7, 11) is 0. The van der Waals surface area contributed by atoms with Gasteiger partial charge in [-0.05, 0) is 60.2 Å². The molecule has 1 amide bonds. The maximum atomic E-state index is 12.7. The Morgan fingerprint density at radius 2 is 1.69 bits per heavy atom. The Morgan fingerprint density at radius 1 is 0.971 bits per heavy atom. The minimum absolute atomic E-state index is 0.248. The molecular weight excluding hydrogens is 532 g/mol. The van der Waals surface area contributed by atoms with Crippen molar-refractivity contribution in [1.82, 2.24) is 5.43 Å². The molecule has 35 heavy (non-hydrogen) atoms. The van der Waals surface area contributed by atoms with Crippen molar-refractivity contribution in [3.05, 3.63) is 106 Å². The summed E-state index contributed by atoms with van der Waals surface area (Å²) in [6.45, 7) is 1.63. The van der Waals surface area contributed by atoms with E-state index in [-0.39, 0.29) is 11.3 Å². The summed E-state index contributed by atoms with van der Waals surface area (Å²) in [4.78, 5) is 25.2. The Morgan fingerprint density at radius 3 is 2.46 bits per heavy atom. The van der Waals surface area contributed by atoms with Gasteiger partial charge in [-0.3, -0.25) is 4.79 Å². The number of hydrogen-bond acceptors (Lipinski definition) is 5. The zero-order valence-electron chi connectivity index (χ0n) is 18.6. The van der Waals surface area contributed by atoms with Crippen LogP contribution in [0.2, 0.25) is 5.02 Å². The number of nitrogens with one attached hydrogen (secondary N) is 1. The number of carbonyl (C=O) groups is 2. The SMILES string of the molecule is C[C@H](Oc1ccc(Br)cc1)C(=O)N/N=C\c1c(OC(=O)c2ccccc2Cl)ccc2ccccc12. The maximum absolute atomic E-state index is 12.7. The number of nitrogens with zero attached hydrogens (tertiary/aromatic N) is 1. The van der Waals surface area contributed by atoms with E-state index in [9.17, 15) is 9.59 Å². The molecule has 0 aliphatic rings. The number of hydrogen-bond donors (Lipinski definition) is 1. The predicted octanol–water partition coefficient (Wildman–Crippen LogP) is 6.39. The third-order valence-corrected chi connectivity index (χ3v) is 5.95. The molecule has 0 spiro atoms. The van der Waals surface area contributed by atoms with Gasteiger partial charge < -0.3 is 9.47 Å². The van der Waals surface area contributed by atoms with Gasteiger partial charge in [-0.25, -0.2) is 10.2 Å². The van der Waals surface area contributed by atoms with E-state index in [4.69, 9.17) is 21.1 Å². The number of ether oxygens (including phenoxy) is 2. The average molecular weight is 552 g/mol. The highest BCUT2D eigenvalue weighted by Crippen LogP contribution is 2.28. The van der Waals surface area contributed by atoms with Crippen LogP contribution in [-0.2, 0) is 4.79 Å². The lowest BCUT2D eigenvalue weighted by atomic mass is 10.0. The van der Waals surface area contributed by atoms with Crippen LogP contribution in [0.15, 0.2) is 94.5 Å². The number of amides is 1. The number of hydrazone groups is 1. The molecule has 8 heteroatoms. The van der Waals surface area contributed by atoms with Crippen LogP contribution in [0.4, 0.5) is 0 Å². The van der Waals surface area contributed by atoms with Gasteiger partial charge in [0.2, 0.25) is 0 Å². The molecule has 4 aromatic carbocycles. The molecule has 176 valence electrons. The van der Waals surface area contributed by atoms with E-state index in [1.165, 1.54) is 6.21 Å². The average Bonchev–Trinajstić information content (AvgIpc) is 2.86. The van der Waals surface area contributed by atoms with Gasteiger partial charge in [0.1, 0.15) is 11.5 Å². The van der Waals surface area contributed by atoms with Gasteiger partial charge in [0.05, 0.1) is 16.8 Å². The molecule has 0 aliphatic heterocycles. The third-order valence-electron chi connectivity index (χ3n) is 5.09. The van der Waals surface area contributed by atoms with Gasteiger partial charge in [-0.15, -0.1) is 0 Å². The fourth-order valence-electron chi connectivity index (χ4n) is 3.30. The normalized spacial score (nSPS) is 11.9. The van der Waals surface area contributed by atoms with Gasteiger partial charge in [0, 0.05) is 10.0 Å². The highest BCUT2D eigenvalue weighted by atomic mass is 79.9. The van der Waals surface area contributed by atoms with Crippen LogP contribution < -0.4 is 14.9 Å². The molecule has 0 bridgehead atoms. The number of fused-ring (bicyclic) bond motifs is 1. The largest absolute Gasteiger partial charge is 0.481 e. The Balaban J connectivity index is 1.54. The van der Waals surface area contributed by atoms with E-state index < -0.39 is 18.0 Å². The standard InChI is InChI=1S/C27H20BrClN2O4/c1-17(34-20-13-11-19(28)12-14-20)26(32)31-30-16-23-21-7-3-2-6-18(21)10-15-25(23)35-27(33)22-8-4-5-9-24(22)29/h2-17H,1H3,(H,31,32)/b30-16-/t17-/m0/s1. The minimum Gasteiger partial charge on any atom is -0.481 e. The zero-order valence-corrected chi connectivity index (χ0v) is 20.9. The van der Waals surface area contributed by atoms with E-state index in [2.05, 4.69) is 26.5 Å². The molecule has 0 aliphatic carbocycles. The molecule has 0 saturated heterocycles. The lowest BCUT2D eigenvalue weighted by Gasteiger charge is -2.13. The van der Waals surface area contributed by atoms with Crippen LogP contribution in [-0.4, -0.2) is 24.2 Å². The number of halogens is 2. The Hall–Kier alpha value is -3.68. The molecule has 4 aromatic rings. The molecule has 0 fully saturated rings. The summed E-state index contributed by atoms with van der Waals surface area (Å²) in [6, 6.07) is 24.9. The molecule has 0 radical (unpaired) electrons. The fourth-order valence-corrected chi connectivity index (χ4v) is 3.78. The van der Waals surface area contributed by atoms with Crippen LogP contribution >= 0.6 is 27.5 Å². The quantitative estimate of drug-likeness (QED) is 0.125. The van der Waals surface area contributed by atoms with E-state index in [0.717, 1.165) is 15.2 Å². The van der Waals surface area contributed by atoms with Crippen molar-refractivity contribution < 1.29 is 19.1 Å². The first-order chi connectivity index (χ1) is 16.9. The topological polar surface area (TPSA) is 77.0 Å². The third kappa shape index (κ3) is 6.07. The van der Waals surface area contributed by atoms with Crippen LogP contribution in [0, 0.1) is 0 Å².